The molecule has 0 saturated carbocycles. The first-order valence-corrected chi connectivity index (χ1v) is 10.8. The lowest BCUT2D eigenvalue weighted by Gasteiger charge is -2.22. The molecule has 1 aromatic heterocycles. The molecule has 0 aliphatic heterocycles. The van der Waals surface area contributed by atoms with Crippen molar-refractivity contribution in [1.29, 1.82) is 0 Å². The maximum absolute atomic E-state index is 13.1. The molecule has 0 fully saturated rings. The lowest BCUT2D eigenvalue weighted by molar-refractivity contribution is -0.124. The molecular formula is C23H27Cl2N3O. The molecule has 0 radical (unpaired) electrons. The number of rotatable bonds is 8. The van der Waals surface area contributed by atoms with E-state index in [1.54, 1.807) is 6.07 Å². The Kier molecular flexibility index (Phi) is 7.20. The molecule has 1 atom stereocenters. The Bertz CT molecular complexity index is 997. The summed E-state index contributed by atoms with van der Waals surface area (Å²) in [5.41, 5.74) is 2.87. The first-order chi connectivity index (χ1) is 13.9. The highest BCUT2D eigenvalue weighted by Crippen LogP contribution is 2.28. The predicted octanol–water partition coefficient (Wildman–Crippen LogP) is 6.05. The lowest BCUT2D eigenvalue weighted by atomic mass is 10.1. The van der Waals surface area contributed by atoms with E-state index in [4.69, 9.17) is 28.2 Å². The van der Waals surface area contributed by atoms with Crippen LogP contribution in [0.1, 0.15) is 51.0 Å². The Balaban J connectivity index is 2.04. The number of carbonyl (C=O) groups is 1. The predicted molar refractivity (Wildman–Crippen MR) is 121 cm³/mol. The Labute approximate surface area is 182 Å². The van der Waals surface area contributed by atoms with E-state index in [1.165, 1.54) is 0 Å². The van der Waals surface area contributed by atoms with E-state index in [0.29, 0.717) is 28.9 Å². The van der Waals surface area contributed by atoms with Crippen LogP contribution in [0.5, 0.6) is 0 Å². The van der Waals surface area contributed by atoms with Crippen LogP contribution in [-0.2, 0) is 11.2 Å². The van der Waals surface area contributed by atoms with E-state index in [-0.39, 0.29) is 11.9 Å². The average molecular weight is 432 g/mol. The molecule has 4 nitrogen and oxygen atoms in total. The maximum Gasteiger partial charge on any atom is 0.243 e. The minimum Gasteiger partial charge on any atom is -0.354 e. The molecule has 0 aliphatic carbocycles. The van der Waals surface area contributed by atoms with Crippen LogP contribution >= 0.6 is 23.2 Å². The van der Waals surface area contributed by atoms with Gasteiger partial charge in [0.15, 0.2) is 0 Å². The monoisotopic (exact) mass is 431 g/mol. The summed E-state index contributed by atoms with van der Waals surface area (Å²) in [4.78, 5) is 17.9. The maximum atomic E-state index is 13.1. The highest BCUT2D eigenvalue weighted by molar-refractivity contribution is 6.42. The van der Waals surface area contributed by atoms with Gasteiger partial charge >= 0.3 is 0 Å². The van der Waals surface area contributed by atoms with Crippen molar-refractivity contribution >= 4 is 40.1 Å². The molecule has 1 amide bonds. The minimum atomic E-state index is -0.302. The summed E-state index contributed by atoms with van der Waals surface area (Å²) in [6, 6.07) is 13.3. The fourth-order valence-electron chi connectivity index (χ4n) is 3.47. The van der Waals surface area contributed by atoms with Gasteiger partial charge in [-0.25, -0.2) is 4.98 Å². The molecule has 1 N–H and O–H groups in total. The topological polar surface area (TPSA) is 46.9 Å². The highest BCUT2D eigenvalue weighted by Gasteiger charge is 2.25. The van der Waals surface area contributed by atoms with E-state index in [2.05, 4.69) is 30.7 Å². The SMILES string of the molecule is CCC[C@H](C(=O)NCC(C)C)n1c(Cc2ccc(Cl)c(Cl)c2)nc2ccccc21. The number of fused-ring (bicyclic) bond motifs is 1. The quantitative estimate of drug-likeness (QED) is 0.471. The zero-order chi connectivity index (χ0) is 21.0. The van der Waals surface area contributed by atoms with Gasteiger partial charge in [0, 0.05) is 13.0 Å². The summed E-state index contributed by atoms with van der Waals surface area (Å²) in [6.45, 7) is 6.95. The summed E-state index contributed by atoms with van der Waals surface area (Å²) < 4.78 is 2.09. The lowest BCUT2D eigenvalue weighted by Crippen LogP contribution is -2.35. The minimum absolute atomic E-state index is 0.0408. The number of hydrogen-bond donors (Lipinski definition) is 1. The first kappa shape index (κ1) is 21.7. The third-order valence-corrected chi connectivity index (χ3v) is 5.62. The average Bonchev–Trinajstić information content (AvgIpc) is 3.04. The van der Waals surface area contributed by atoms with Crippen molar-refractivity contribution < 1.29 is 4.79 Å². The van der Waals surface area contributed by atoms with Crippen LogP contribution in [0.3, 0.4) is 0 Å². The zero-order valence-electron chi connectivity index (χ0n) is 17.1. The van der Waals surface area contributed by atoms with Crippen molar-refractivity contribution in [3.63, 3.8) is 0 Å². The molecule has 0 spiro atoms. The Hall–Kier alpha value is -2.04. The molecule has 29 heavy (non-hydrogen) atoms. The van der Waals surface area contributed by atoms with Crippen LogP contribution in [-0.4, -0.2) is 22.0 Å². The highest BCUT2D eigenvalue weighted by atomic mass is 35.5. The summed E-state index contributed by atoms with van der Waals surface area (Å²) >= 11 is 12.3. The van der Waals surface area contributed by atoms with E-state index in [0.717, 1.165) is 35.3 Å². The van der Waals surface area contributed by atoms with Gasteiger partial charge in [0.25, 0.3) is 0 Å². The molecule has 1 heterocycles. The Morgan fingerprint density at radius 1 is 1.14 bits per heavy atom. The van der Waals surface area contributed by atoms with Gasteiger partial charge < -0.3 is 9.88 Å². The molecule has 3 rings (SSSR count). The number of para-hydroxylation sites is 2. The van der Waals surface area contributed by atoms with Crippen LogP contribution in [0.2, 0.25) is 10.0 Å². The number of benzene rings is 2. The number of nitrogens with one attached hydrogen (secondary N) is 1. The van der Waals surface area contributed by atoms with Crippen molar-refractivity contribution in [2.75, 3.05) is 6.54 Å². The van der Waals surface area contributed by atoms with Crippen molar-refractivity contribution in [3.05, 3.63) is 63.9 Å². The van der Waals surface area contributed by atoms with E-state index >= 15 is 0 Å². The molecule has 0 saturated heterocycles. The molecular weight excluding hydrogens is 405 g/mol. The Morgan fingerprint density at radius 3 is 2.59 bits per heavy atom. The number of amides is 1. The second-order valence-corrected chi connectivity index (χ2v) is 8.57. The summed E-state index contributed by atoms with van der Waals surface area (Å²) in [6.07, 6.45) is 2.22. The van der Waals surface area contributed by atoms with Crippen LogP contribution in [0.25, 0.3) is 11.0 Å². The summed E-state index contributed by atoms with van der Waals surface area (Å²) in [7, 11) is 0. The molecule has 0 aliphatic rings. The zero-order valence-corrected chi connectivity index (χ0v) is 18.6. The fraction of sp³-hybridized carbons (Fsp3) is 0.391. The van der Waals surface area contributed by atoms with Gasteiger partial charge in [-0.1, -0.05) is 68.6 Å². The first-order valence-electron chi connectivity index (χ1n) is 10.1. The molecule has 2 aromatic carbocycles. The van der Waals surface area contributed by atoms with Gasteiger partial charge in [-0.15, -0.1) is 0 Å². The van der Waals surface area contributed by atoms with E-state index < -0.39 is 0 Å². The number of hydrogen-bond acceptors (Lipinski definition) is 2. The number of carbonyl (C=O) groups excluding carboxylic acids is 1. The molecule has 0 bridgehead atoms. The van der Waals surface area contributed by atoms with Crippen molar-refractivity contribution in [2.45, 2.75) is 46.1 Å². The number of imidazole rings is 1. The third-order valence-electron chi connectivity index (χ3n) is 4.88. The van der Waals surface area contributed by atoms with Crippen LogP contribution in [0.4, 0.5) is 0 Å². The Morgan fingerprint density at radius 2 is 1.90 bits per heavy atom. The summed E-state index contributed by atoms with van der Waals surface area (Å²) in [5.74, 6) is 1.29. The number of nitrogens with zero attached hydrogens (tertiary/aromatic N) is 2. The number of halogens is 2. The second-order valence-electron chi connectivity index (χ2n) is 7.76. The normalized spacial score (nSPS) is 12.5. The van der Waals surface area contributed by atoms with Gasteiger partial charge in [-0.2, -0.15) is 0 Å². The van der Waals surface area contributed by atoms with Crippen molar-refractivity contribution in [2.24, 2.45) is 5.92 Å². The number of aromatic nitrogens is 2. The largest absolute Gasteiger partial charge is 0.354 e. The van der Waals surface area contributed by atoms with Gasteiger partial charge in [-0.05, 0) is 42.2 Å². The van der Waals surface area contributed by atoms with Gasteiger partial charge in [-0.3, -0.25) is 4.79 Å². The van der Waals surface area contributed by atoms with Gasteiger partial charge in [0.05, 0.1) is 21.1 Å². The van der Waals surface area contributed by atoms with Crippen LogP contribution < -0.4 is 5.32 Å². The van der Waals surface area contributed by atoms with Crippen molar-refractivity contribution in [3.8, 4) is 0 Å². The van der Waals surface area contributed by atoms with Gasteiger partial charge in [0.2, 0.25) is 5.91 Å². The smallest absolute Gasteiger partial charge is 0.243 e. The standard InChI is InChI=1S/C23H27Cl2N3O/c1-4-7-21(23(29)26-14-15(2)3)28-20-9-6-5-8-19(20)27-22(28)13-16-10-11-17(24)18(25)12-16/h5-6,8-12,15,21H,4,7,13-14H2,1-3H3,(H,26,29)/t21-/m1/s1. The molecule has 0 unspecified atom stereocenters. The second kappa shape index (κ2) is 9.64. The molecule has 154 valence electrons. The fourth-order valence-corrected chi connectivity index (χ4v) is 3.79. The van der Waals surface area contributed by atoms with Crippen LogP contribution in [0.15, 0.2) is 42.5 Å². The van der Waals surface area contributed by atoms with E-state index in [9.17, 15) is 4.79 Å². The van der Waals surface area contributed by atoms with Crippen LogP contribution in [0, 0.1) is 5.92 Å². The van der Waals surface area contributed by atoms with E-state index in [1.807, 2.05) is 36.4 Å². The van der Waals surface area contributed by atoms with Gasteiger partial charge in [0.1, 0.15) is 11.9 Å². The molecule has 3 aromatic rings. The summed E-state index contributed by atoms with van der Waals surface area (Å²) in [5, 5.41) is 4.15. The van der Waals surface area contributed by atoms with Crippen molar-refractivity contribution in [1.82, 2.24) is 14.9 Å². The third kappa shape index (κ3) is 5.12. The molecule has 6 heteroatoms.